The minimum absolute atomic E-state index is 0.133. The third kappa shape index (κ3) is 2.75. The van der Waals surface area contributed by atoms with Crippen molar-refractivity contribution in [2.75, 3.05) is 7.11 Å². The normalized spacial score (nSPS) is 21.8. The number of hydrogen-bond acceptors (Lipinski definition) is 4. The second-order valence-electron chi connectivity index (χ2n) is 7.16. The molecule has 4 rings (SSSR count). The number of amides is 1. The number of rotatable bonds is 3. The lowest BCUT2D eigenvalue weighted by Gasteiger charge is -2.43. The van der Waals surface area contributed by atoms with Crippen LogP contribution in [-0.2, 0) is 21.2 Å². The molecule has 0 aromatic heterocycles. The monoisotopic (exact) mass is 383 g/mol. The summed E-state index contributed by atoms with van der Waals surface area (Å²) in [5.74, 6) is 0.0401. The molecular weight excluding hydrogens is 362 g/mol. The van der Waals surface area contributed by atoms with Gasteiger partial charge in [0.15, 0.2) is 0 Å². The van der Waals surface area contributed by atoms with Crippen LogP contribution in [0.3, 0.4) is 0 Å². The zero-order chi connectivity index (χ0) is 19.3. The first-order chi connectivity index (χ1) is 12.8. The summed E-state index contributed by atoms with van der Waals surface area (Å²) in [5, 5.41) is 0. The molecule has 140 valence electrons. The highest BCUT2D eigenvalue weighted by molar-refractivity contribution is 7.89. The average molecular weight is 383 g/mol. The zero-order valence-electron chi connectivity index (χ0n) is 15.3. The second kappa shape index (κ2) is 6.23. The Labute approximate surface area is 159 Å². The highest BCUT2D eigenvalue weighted by Crippen LogP contribution is 2.45. The van der Waals surface area contributed by atoms with Crippen LogP contribution in [0.15, 0.2) is 59.5 Å². The fraction of sp³-hybridized carbons (Fsp3) is 0.286. The Kier molecular flexibility index (Phi) is 4.11. The van der Waals surface area contributed by atoms with E-state index >= 15 is 0 Å². The number of nitrogens with zero attached hydrogens (tertiary/aromatic N) is 1. The first-order valence-electron chi connectivity index (χ1n) is 8.84. The van der Waals surface area contributed by atoms with Gasteiger partial charge >= 0.3 is 0 Å². The van der Waals surface area contributed by atoms with Crippen molar-refractivity contribution in [3.05, 3.63) is 71.3 Å². The number of sulfonamides is 1. The topological polar surface area (TPSA) is 63.7 Å². The number of piperidine rings is 1. The van der Waals surface area contributed by atoms with Gasteiger partial charge in [-0.1, -0.05) is 30.3 Å². The summed E-state index contributed by atoms with van der Waals surface area (Å²) in [6.45, 7) is 5.84. The molecule has 27 heavy (non-hydrogen) atoms. The Morgan fingerprint density at radius 1 is 1.15 bits per heavy atom. The van der Waals surface area contributed by atoms with Gasteiger partial charge in [0.1, 0.15) is 5.75 Å². The molecule has 2 aromatic carbocycles. The first kappa shape index (κ1) is 17.8. The summed E-state index contributed by atoms with van der Waals surface area (Å²) >= 11 is 0. The van der Waals surface area contributed by atoms with Crippen LogP contribution in [0.1, 0.15) is 29.0 Å². The van der Waals surface area contributed by atoms with Crippen molar-refractivity contribution in [1.82, 2.24) is 4.31 Å². The molecule has 0 unspecified atom stereocenters. The maximum absolute atomic E-state index is 13.2. The van der Waals surface area contributed by atoms with Gasteiger partial charge in [-0.3, -0.25) is 4.79 Å². The average Bonchev–Trinajstić information content (AvgIpc) is 2.65. The van der Waals surface area contributed by atoms with Crippen molar-refractivity contribution in [2.24, 2.45) is 0 Å². The van der Waals surface area contributed by atoms with E-state index in [4.69, 9.17) is 4.74 Å². The molecule has 6 heteroatoms. The number of benzene rings is 2. The van der Waals surface area contributed by atoms with Gasteiger partial charge in [-0.15, -0.1) is 0 Å². The van der Waals surface area contributed by atoms with Crippen molar-refractivity contribution in [1.29, 1.82) is 0 Å². The van der Waals surface area contributed by atoms with Crippen LogP contribution in [0.5, 0.6) is 5.75 Å². The van der Waals surface area contributed by atoms with Gasteiger partial charge in [0, 0.05) is 11.5 Å². The van der Waals surface area contributed by atoms with Crippen molar-refractivity contribution in [2.45, 2.75) is 36.6 Å². The van der Waals surface area contributed by atoms with E-state index in [0.29, 0.717) is 18.4 Å². The molecule has 2 bridgehead atoms. The summed E-state index contributed by atoms with van der Waals surface area (Å²) in [4.78, 5) is 13.1. The molecule has 0 N–H and O–H groups in total. The van der Waals surface area contributed by atoms with Gasteiger partial charge in [0.2, 0.25) is 0 Å². The van der Waals surface area contributed by atoms with Crippen LogP contribution in [0, 0.1) is 6.92 Å². The predicted molar refractivity (Wildman–Crippen MR) is 102 cm³/mol. The molecular formula is C21H21NO4S. The zero-order valence-corrected chi connectivity index (χ0v) is 16.1. The number of carbonyl (C=O) groups is 1. The Hall–Kier alpha value is -2.60. The lowest BCUT2D eigenvalue weighted by Crippen LogP contribution is -2.52. The van der Waals surface area contributed by atoms with Gasteiger partial charge in [-0.2, -0.15) is 0 Å². The van der Waals surface area contributed by atoms with E-state index < -0.39 is 22.0 Å². The Balaban J connectivity index is 1.78. The third-order valence-electron chi connectivity index (χ3n) is 5.50. The summed E-state index contributed by atoms with van der Waals surface area (Å²) in [6.07, 6.45) is 1.05. The van der Waals surface area contributed by atoms with E-state index in [0.717, 1.165) is 26.7 Å². The number of aryl methyl sites for hydroxylation is 1. The quantitative estimate of drug-likeness (QED) is 0.764. The molecule has 1 heterocycles. The molecule has 0 saturated carbocycles. The minimum atomic E-state index is -3.93. The largest absolute Gasteiger partial charge is 0.497 e. The molecule has 1 fully saturated rings. The van der Waals surface area contributed by atoms with Crippen molar-refractivity contribution >= 4 is 15.9 Å². The summed E-state index contributed by atoms with van der Waals surface area (Å²) in [5.41, 5.74) is 3.33. The SMILES string of the molecule is C=C1C(=O)N(S(=O)(=O)c2ccc(C)cc2)[C@H]2Cc3ccc(OC)cc3[C@@H]1C2. The number of ether oxygens (including phenoxy) is 1. The van der Waals surface area contributed by atoms with E-state index in [1.807, 2.05) is 25.1 Å². The summed E-state index contributed by atoms with van der Waals surface area (Å²) in [6, 6.07) is 11.9. The van der Waals surface area contributed by atoms with Crippen LogP contribution in [0.2, 0.25) is 0 Å². The number of fused-ring (bicyclic) bond motifs is 4. The highest BCUT2D eigenvalue weighted by atomic mass is 32.2. The fourth-order valence-electron chi connectivity index (χ4n) is 4.04. The number of methoxy groups -OCH3 is 1. The first-order valence-corrected chi connectivity index (χ1v) is 10.3. The molecule has 1 amide bonds. The van der Waals surface area contributed by atoms with Crippen LogP contribution in [0.4, 0.5) is 0 Å². The molecule has 1 aliphatic heterocycles. The van der Waals surface area contributed by atoms with E-state index in [1.165, 1.54) is 0 Å². The fourth-order valence-corrected chi connectivity index (χ4v) is 5.64. The van der Waals surface area contributed by atoms with Gasteiger partial charge in [0.05, 0.1) is 18.0 Å². The van der Waals surface area contributed by atoms with Crippen molar-refractivity contribution in [3.63, 3.8) is 0 Å². The highest BCUT2D eigenvalue weighted by Gasteiger charge is 2.47. The molecule has 0 radical (unpaired) electrons. The molecule has 2 atom stereocenters. The molecule has 1 aliphatic carbocycles. The van der Waals surface area contributed by atoms with E-state index in [9.17, 15) is 13.2 Å². The predicted octanol–water partition coefficient (Wildman–Crippen LogP) is 3.19. The summed E-state index contributed by atoms with van der Waals surface area (Å²) < 4.78 is 32.8. The maximum Gasteiger partial charge on any atom is 0.267 e. The molecule has 2 aliphatic rings. The van der Waals surface area contributed by atoms with Crippen molar-refractivity contribution in [3.8, 4) is 5.75 Å². The van der Waals surface area contributed by atoms with Crippen LogP contribution >= 0.6 is 0 Å². The Morgan fingerprint density at radius 3 is 2.52 bits per heavy atom. The van der Waals surface area contributed by atoms with E-state index in [1.54, 1.807) is 31.4 Å². The maximum atomic E-state index is 13.2. The van der Waals surface area contributed by atoms with Gasteiger partial charge in [0.25, 0.3) is 15.9 Å². The Bertz CT molecular complexity index is 1040. The Morgan fingerprint density at radius 2 is 1.85 bits per heavy atom. The van der Waals surface area contributed by atoms with Crippen LogP contribution < -0.4 is 4.74 Å². The minimum Gasteiger partial charge on any atom is -0.497 e. The molecule has 5 nitrogen and oxygen atoms in total. The molecule has 2 aromatic rings. The molecule has 0 spiro atoms. The van der Waals surface area contributed by atoms with E-state index in [2.05, 4.69) is 6.58 Å². The third-order valence-corrected chi connectivity index (χ3v) is 7.35. The number of carbonyl (C=O) groups excluding carboxylic acids is 1. The smallest absolute Gasteiger partial charge is 0.267 e. The van der Waals surface area contributed by atoms with E-state index in [-0.39, 0.29) is 10.8 Å². The summed E-state index contributed by atoms with van der Waals surface area (Å²) in [7, 11) is -2.33. The lowest BCUT2D eigenvalue weighted by atomic mass is 9.74. The van der Waals surface area contributed by atoms with Crippen LogP contribution in [0.25, 0.3) is 0 Å². The van der Waals surface area contributed by atoms with Crippen LogP contribution in [-0.4, -0.2) is 31.8 Å². The standard InChI is InChI=1S/C21H21NO4S/c1-13-4-8-18(9-5-13)27(24,25)22-16-10-15-6-7-17(26-3)12-20(15)19(11-16)14(2)21(22)23/h4-9,12,16,19H,2,10-11H2,1,3H3/t16-,19+/m0/s1. The van der Waals surface area contributed by atoms with Gasteiger partial charge in [-0.25, -0.2) is 12.7 Å². The number of hydrogen-bond donors (Lipinski definition) is 0. The van der Waals surface area contributed by atoms with Gasteiger partial charge < -0.3 is 4.74 Å². The second-order valence-corrected chi connectivity index (χ2v) is 8.97. The van der Waals surface area contributed by atoms with Crippen molar-refractivity contribution < 1.29 is 17.9 Å². The molecule has 1 saturated heterocycles. The lowest BCUT2D eigenvalue weighted by molar-refractivity contribution is -0.126. The van der Waals surface area contributed by atoms with Gasteiger partial charge in [-0.05, 0) is 55.2 Å².